The van der Waals surface area contributed by atoms with E-state index in [4.69, 9.17) is 5.11 Å². The summed E-state index contributed by atoms with van der Waals surface area (Å²) in [6, 6.07) is 0.442. The fraction of sp³-hybridized carbons (Fsp3) is 0.375. The van der Waals surface area contributed by atoms with Gasteiger partial charge in [0.1, 0.15) is 0 Å². The molecule has 0 saturated heterocycles. The van der Waals surface area contributed by atoms with Gasteiger partial charge in [0, 0.05) is 5.57 Å². The number of aliphatic carboxylic acids is 1. The van der Waals surface area contributed by atoms with Crippen LogP contribution in [0.25, 0.3) is 0 Å². The number of carbonyl (C=O) groups excluding carboxylic acids is 1. The molecule has 3 atom stereocenters. The molecule has 0 amide bonds. The standard InChI is InChI=1S/C16H16F3NO4/c1-4-20-13-10(7(2)15(22)23)16(13,19)14(21)8-5-6-9(17)12(24-3)11(8)18/h5-6,10,13,20H,2,4H2,1,3H3,(H,22,23)/t10?,13-,16+/m1/s1. The number of Topliss-reactive ketones (excluding diaryl/α,β-unsaturated/α-hetero) is 1. The third-order valence-electron chi connectivity index (χ3n) is 4.05. The van der Waals surface area contributed by atoms with Gasteiger partial charge in [-0.05, 0) is 18.7 Å². The molecule has 1 aliphatic carbocycles. The molecule has 8 heteroatoms. The van der Waals surface area contributed by atoms with Crippen LogP contribution in [0.3, 0.4) is 0 Å². The third-order valence-corrected chi connectivity index (χ3v) is 4.05. The van der Waals surface area contributed by atoms with Gasteiger partial charge in [-0.15, -0.1) is 0 Å². The number of hydrogen-bond acceptors (Lipinski definition) is 4. The fourth-order valence-corrected chi connectivity index (χ4v) is 2.82. The molecule has 2 rings (SSSR count). The number of ketones is 1. The molecule has 0 aromatic heterocycles. The first kappa shape index (κ1) is 18.0. The highest BCUT2D eigenvalue weighted by Crippen LogP contribution is 2.53. The van der Waals surface area contributed by atoms with Crippen molar-refractivity contribution in [2.75, 3.05) is 13.7 Å². The van der Waals surface area contributed by atoms with Crippen molar-refractivity contribution in [1.29, 1.82) is 0 Å². The van der Waals surface area contributed by atoms with E-state index in [1.165, 1.54) is 0 Å². The van der Waals surface area contributed by atoms with Crippen LogP contribution in [-0.2, 0) is 4.79 Å². The Kier molecular flexibility index (Phi) is 4.70. The van der Waals surface area contributed by atoms with Crippen LogP contribution in [-0.4, -0.2) is 42.2 Å². The summed E-state index contributed by atoms with van der Waals surface area (Å²) in [5.41, 5.74) is -3.87. The molecule has 1 aromatic carbocycles. The Morgan fingerprint density at radius 2 is 2.04 bits per heavy atom. The zero-order valence-electron chi connectivity index (χ0n) is 13.0. The van der Waals surface area contributed by atoms with Crippen molar-refractivity contribution in [1.82, 2.24) is 5.32 Å². The van der Waals surface area contributed by atoms with Crippen LogP contribution in [0.2, 0.25) is 0 Å². The normalized spacial score (nSPS) is 25.2. The van der Waals surface area contributed by atoms with Crippen LogP contribution >= 0.6 is 0 Å². The number of nitrogens with one attached hydrogen (secondary N) is 1. The number of halogens is 3. The summed E-state index contributed by atoms with van der Waals surface area (Å²) in [6.45, 7) is 5.19. The lowest BCUT2D eigenvalue weighted by Crippen LogP contribution is -2.30. The summed E-state index contributed by atoms with van der Waals surface area (Å²) in [7, 11) is 1.01. The van der Waals surface area contributed by atoms with Gasteiger partial charge < -0.3 is 15.2 Å². The highest BCUT2D eigenvalue weighted by Gasteiger charge is 2.73. The number of benzene rings is 1. The quantitative estimate of drug-likeness (QED) is 0.586. The van der Waals surface area contributed by atoms with Crippen LogP contribution in [0.1, 0.15) is 17.3 Å². The first-order chi connectivity index (χ1) is 11.2. The molecule has 1 saturated carbocycles. The molecule has 1 fully saturated rings. The topological polar surface area (TPSA) is 75.6 Å². The van der Waals surface area contributed by atoms with Gasteiger partial charge in [0.05, 0.1) is 24.6 Å². The molecule has 24 heavy (non-hydrogen) atoms. The van der Waals surface area contributed by atoms with Crippen molar-refractivity contribution < 1.29 is 32.6 Å². The zero-order chi connectivity index (χ0) is 18.2. The van der Waals surface area contributed by atoms with Crippen LogP contribution in [0.15, 0.2) is 24.3 Å². The van der Waals surface area contributed by atoms with Crippen LogP contribution < -0.4 is 10.1 Å². The molecule has 1 unspecified atom stereocenters. The molecule has 0 bridgehead atoms. The van der Waals surface area contributed by atoms with Gasteiger partial charge in [-0.1, -0.05) is 13.5 Å². The van der Waals surface area contributed by atoms with E-state index in [2.05, 4.69) is 16.6 Å². The summed E-state index contributed by atoms with van der Waals surface area (Å²) in [4.78, 5) is 23.5. The Labute approximate surface area is 136 Å². The first-order valence-corrected chi connectivity index (χ1v) is 7.12. The average molecular weight is 343 g/mol. The van der Waals surface area contributed by atoms with Crippen LogP contribution in [0, 0.1) is 17.6 Å². The van der Waals surface area contributed by atoms with Crippen molar-refractivity contribution in [3.63, 3.8) is 0 Å². The van der Waals surface area contributed by atoms with Crippen molar-refractivity contribution in [2.45, 2.75) is 18.6 Å². The smallest absolute Gasteiger partial charge is 0.331 e. The summed E-state index contributed by atoms with van der Waals surface area (Å²) in [5.74, 6) is -7.24. The number of alkyl halides is 1. The maximum absolute atomic E-state index is 15.2. The van der Waals surface area contributed by atoms with Gasteiger partial charge in [-0.3, -0.25) is 4.79 Å². The molecule has 0 aliphatic heterocycles. The molecule has 2 N–H and O–H groups in total. The van der Waals surface area contributed by atoms with Gasteiger partial charge in [-0.2, -0.15) is 0 Å². The molecule has 0 spiro atoms. The Morgan fingerprint density at radius 3 is 2.54 bits per heavy atom. The molecule has 130 valence electrons. The van der Waals surface area contributed by atoms with Gasteiger partial charge in [0.2, 0.25) is 5.78 Å². The second-order valence-corrected chi connectivity index (χ2v) is 5.38. The van der Waals surface area contributed by atoms with Crippen LogP contribution in [0.5, 0.6) is 5.75 Å². The lowest BCUT2D eigenvalue weighted by atomic mass is 10.0. The van der Waals surface area contributed by atoms with Gasteiger partial charge in [-0.25, -0.2) is 18.0 Å². The molecule has 1 aromatic rings. The molecular formula is C16H16F3NO4. The largest absolute Gasteiger partial charge is 0.491 e. The van der Waals surface area contributed by atoms with Gasteiger partial charge >= 0.3 is 5.97 Å². The predicted octanol–water partition coefficient (Wildman–Crippen LogP) is 2.11. The van der Waals surface area contributed by atoms with E-state index in [1.54, 1.807) is 6.92 Å². The van der Waals surface area contributed by atoms with E-state index in [0.29, 0.717) is 0 Å². The van der Waals surface area contributed by atoms with E-state index >= 15 is 4.39 Å². The summed E-state index contributed by atoms with van der Waals surface area (Å²) in [6.07, 6.45) is 0. The maximum atomic E-state index is 15.2. The summed E-state index contributed by atoms with van der Waals surface area (Å²) < 4.78 is 47.4. The highest BCUT2D eigenvalue weighted by atomic mass is 19.1. The molecule has 1 aliphatic rings. The molecule has 5 nitrogen and oxygen atoms in total. The van der Waals surface area contributed by atoms with E-state index in [9.17, 15) is 18.4 Å². The SMILES string of the molecule is C=C(C(=O)O)C1[C@@H](NCC)[C@]1(F)C(=O)c1ccc(F)c(OC)c1F. The number of ether oxygens (including phenoxy) is 1. The lowest BCUT2D eigenvalue weighted by molar-refractivity contribution is -0.133. The minimum absolute atomic E-state index is 0.266. The van der Waals surface area contributed by atoms with E-state index in [1.807, 2.05) is 0 Å². The zero-order valence-corrected chi connectivity index (χ0v) is 13.0. The Bertz CT molecular complexity index is 722. The number of carboxylic acids is 1. The van der Waals surface area contributed by atoms with E-state index in [-0.39, 0.29) is 6.54 Å². The van der Waals surface area contributed by atoms with Gasteiger partial charge in [0.25, 0.3) is 0 Å². The second-order valence-electron chi connectivity index (χ2n) is 5.38. The minimum atomic E-state index is -2.67. The van der Waals surface area contributed by atoms with E-state index < -0.39 is 57.9 Å². The van der Waals surface area contributed by atoms with Crippen molar-refractivity contribution in [3.8, 4) is 5.75 Å². The van der Waals surface area contributed by atoms with Gasteiger partial charge in [0.15, 0.2) is 23.1 Å². The van der Waals surface area contributed by atoms with Crippen LogP contribution in [0.4, 0.5) is 13.2 Å². The predicted molar refractivity (Wildman–Crippen MR) is 78.8 cm³/mol. The number of carbonyl (C=O) groups is 2. The van der Waals surface area contributed by atoms with Crippen molar-refractivity contribution >= 4 is 11.8 Å². The first-order valence-electron chi connectivity index (χ1n) is 7.12. The number of hydrogen-bond donors (Lipinski definition) is 2. The molecule has 0 radical (unpaired) electrons. The second kappa shape index (κ2) is 6.27. The Morgan fingerprint density at radius 1 is 1.42 bits per heavy atom. The maximum Gasteiger partial charge on any atom is 0.331 e. The van der Waals surface area contributed by atoms with Crippen molar-refractivity contribution in [2.24, 2.45) is 5.92 Å². The number of rotatable bonds is 7. The Balaban J connectivity index is 2.44. The lowest BCUT2D eigenvalue weighted by Gasteiger charge is -2.11. The Hall–Kier alpha value is -2.35. The number of carboxylic acid groups (broad SMARTS) is 1. The average Bonchev–Trinajstić information content (AvgIpc) is 3.12. The molecular weight excluding hydrogens is 327 g/mol. The van der Waals surface area contributed by atoms with Crippen molar-refractivity contribution in [3.05, 3.63) is 41.5 Å². The molecule has 0 heterocycles. The summed E-state index contributed by atoms with van der Waals surface area (Å²) >= 11 is 0. The minimum Gasteiger partial charge on any atom is -0.491 e. The highest BCUT2D eigenvalue weighted by molar-refractivity contribution is 6.08. The summed E-state index contributed by atoms with van der Waals surface area (Å²) in [5, 5.41) is 11.6. The number of methoxy groups -OCH3 is 1. The fourth-order valence-electron chi connectivity index (χ4n) is 2.82. The third kappa shape index (κ3) is 2.56. The monoisotopic (exact) mass is 343 g/mol. The van der Waals surface area contributed by atoms with E-state index in [0.717, 1.165) is 19.2 Å².